The molecule has 0 aromatic rings. The summed E-state index contributed by atoms with van der Waals surface area (Å²) >= 11 is 0. The minimum absolute atomic E-state index is 0.324. The van der Waals surface area contributed by atoms with Crippen LogP contribution in [-0.4, -0.2) is 18.6 Å². The average Bonchev–Trinajstić information content (AvgIpc) is 1.99. The fourth-order valence-corrected chi connectivity index (χ4v) is 1.15. The first-order chi connectivity index (χ1) is 4.76. The Morgan fingerprint density at radius 3 is 2.10 bits per heavy atom. The van der Waals surface area contributed by atoms with Crippen LogP contribution in [-0.2, 0) is 0 Å². The van der Waals surface area contributed by atoms with E-state index in [1.165, 1.54) is 0 Å². The highest BCUT2D eigenvalue weighted by Gasteiger charge is 2.11. The Morgan fingerprint density at radius 1 is 1.20 bits per heavy atom. The van der Waals surface area contributed by atoms with Gasteiger partial charge in [-0.05, 0) is 19.4 Å². The van der Waals surface area contributed by atoms with Crippen molar-refractivity contribution in [1.82, 2.24) is 5.32 Å². The zero-order valence-corrected chi connectivity index (χ0v) is 7.35. The van der Waals surface area contributed by atoms with E-state index in [-0.39, 0.29) is 0 Å². The molecule has 0 aliphatic carbocycles. The van der Waals surface area contributed by atoms with Gasteiger partial charge in [-0.1, -0.05) is 20.8 Å². The van der Waals surface area contributed by atoms with Crippen LogP contribution in [0.4, 0.5) is 0 Å². The van der Waals surface area contributed by atoms with Crippen molar-refractivity contribution >= 4 is 0 Å². The summed E-state index contributed by atoms with van der Waals surface area (Å²) in [5, 5.41) is 3.36. The predicted molar refractivity (Wildman–Crippen MR) is 46.0 cm³/mol. The number of nitrogens with two attached hydrogens (primary N) is 1. The van der Waals surface area contributed by atoms with Crippen molar-refractivity contribution in [2.24, 2.45) is 5.73 Å². The van der Waals surface area contributed by atoms with E-state index < -0.39 is 0 Å². The summed E-state index contributed by atoms with van der Waals surface area (Å²) in [5.74, 6) is 0. The van der Waals surface area contributed by atoms with E-state index in [1.54, 1.807) is 0 Å². The molecule has 0 radical (unpaired) electrons. The molecule has 62 valence electrons. The van der Waals surface area contributed by atoms with Crippen molar-refractivity contribution in [3.8, 4) is 0 Å². The minimum Gasteiger partial charge on any atom is -0.326 e. The highest BCUT2D eigenvalue weighted by atomic mass is 14.9. The van der Waals surface area contributed by atoms with Gasteiger partial charge in [-0.3, -0.25) is 0 Å². The molecular weight excluding hydrogens is 124 g/mol. The van der Waals surface area contributed by atoms with E-state index in [0.717, 1.165) is 19.4 Å². The van der Waals surface area contributed by atoms with Crippen molar-refractivity contribution in [2.45, 2.75) is 45.7 Å². The second-order valence-electron chi connectivity index (χ2n) is 2.64. The molecule has 0 fully saturated rings. The maximum absolute atomic E-state index is 5.85. The average molecular weight is 144 g/mol. The first kappa shape index (κ1) is 9.92. The molecule has 0 bridgehead atoms. The number of nitrogens with one attached hydrogen (secondary N) is 1. The van der Waals surface area contributed by atoms with Gasteiger partial charge < -0.3 is 11.1 Å². The predicted octanol–water partition coefficient (Wildman–Crippen LogP) is 1.11. The standard InChI is InChI=1S/C8H20N2/c1-4-7(9)8(5-2)10-6-3/h7-8,10H,4-6,9H2,1-3H3. The quantitative estimate of drug-likeness (QED) is 0.606. The Kier molecular flexibility index (Phi) is 5.64. The maximum Gasteiger partial charge on any atom is 0.0216 e. The zero-order valence-electron chi connectivity index (χ0n) is 7.35. The van der Waals surface area contributed by atoms with Gasteiger partial charge in [0, 0.05) is 12.1 Å². The molecule has 0 heterocycles. The lowest BCUT2D eigenvalue weighted by atomic mass is 10.0. The lowest BCUT2D eigenvalue weighted by Gasteiger charge is -2.21. The van der Waals surface area contributed by atoms with Crippen LogP contribution in [0.5, 0.6) is 0 Å². The van der Waals surface area contributed by atoms with E-state index in [4.69, 9.17) is 5.73 Å². The molecule has 10 heavy (non-hydrogen) atoms. The number of hydrogen-bond acceptors (Lipinski definition) is 2. The van der Waals surface area contributed by atoms with Gasteiger partial charge in [-0.15, -0.1) is 0 Å². The molecule has 0 amide bonds. The van der Waals surface area contributed by atoms with E-state index in [0.29, 0.717) is 12.1 Å². The molecule has 3 N–H and O–H groups in total. The molecule has 2 heteroatoms. The summed E-state index contributed by atoms with van der Waals surface area (Å²) in [6, 6.07) is 0.833. The van der Waals surface area contributed by atoms with Crippen molar-refractivity contribution in [2.75, 3.05) is 6.54 Å². The van der Waals surface area contributed by atoms with E-state index in [9.17, 15) is 0 Å². The molecule has 0 spiro atoms. The minimum atomic E-state index is 0.324. The second kappa shape index (κ2) is 5.69. The van der Waals surface area contributed by atoms with E-state index >= 15 is 0 Å². The van der Waals surface area contributed by atoms with Gasteiger partial charge in [0.25, 0.3) is 0 Å². The molecule has 0 rings (SSSR count). The highest BCUT2D eigenvalue weighted by molar-refractivity contribution is 4.75. The molecule has 0 aromatic carbocycles. The number of rotatable bonds is 5. The van der Waals surface area contributed by atoms with Crippen molar-refractivity contribution in [3.63, 3.8) is 0 Å². The highest BCUT2D eigenvalue weighted by Crippen LogP contribution is 1.98. The molecular formula is C8H20N2. The fraction of sp³-hybridized carbons (Fsp3) is 1.00. The Bertz CT molecular complexity index is 73.7. The summed E-state index contributed by atoms with van der Waals surface area (Å²) in [6.07, 6.45) is 2.19. The fourth-order valence-electron chi connectivity index (χ4n) is 1.15. The summed E-state index contributed by atoms with van der Waals surface area (Å²) in [6.45, 7) is 7.44. The second-order valence-corrected chi connectivity index (χ2v) is 2.64. The Labute approximate surface area is 64.2 Å². The molecule has 0 saturated heterocycles. The summed E-state index contributed by atoms with van der Waals surface area (Å²) in [7, 11) is 0. The normalized spacial score (nSPS) is 16.8. The third-order valence-electron chi connectivity index (χ3n) is 1.89. The van der Waals surface area contributed by atoms with Gasteiger partial charge in [0.05, 0.1) is 0 Å². The van der Waals surface area contributed by atoms with Crippen molar-refractivity contribution in [3.05, 3.63) is 0 Å². The summed E-state index contributed by atoms with van der Waals surface area (Å²) in [4.78, 5) is 0. The first-order valence-corrected chi connectivity index (χ1v) is 4.25. The summed E-state index contributed by atoms with van der Waals surface area (Å²) < 4.78 is 0. The Balaban J connectivity index is 3.56. The Morgan fingerprint density at radius 2 is 1.80 bits per heavy atom. The van der Waals surface area contributed by atoms with Crippen molar-refractivity contribution in [1.29, 1.82) is 0 Å². The number of hydrogen-bond donors (Lipinski definition) is 2. The smallest absolute Gasteiger partial charge is 0.0216 e. The molecule has 0 aliphatic rings. The van der Waals surface area contributed by atoms with Crippen LogP contribution in [0, 0.1) is 0 Å². The van der Waals surface area contributed by atoms with Gasteiger partial charge in [0.1, 0.15) is 0 Å². The van der Waals surface area contributed by atoms with Crippen LogP contribution in [0.15, 0.2) is 0 Å². The third-order valence-corrected chi connectivity index (χ3v) is 1.89. The summed E-state index contributed by atoms with van der Waals surface area (Å²) in [5.41, 5.74) is 5.85. The van der Waals surface area contributed by atoms with Gasteiger partial charge in [-0.2, -0.15) is 0 Å². The van der Waals surface area contributed by atoms with Crippen LogP contribution in [0.3, 0.4) is 0 Å². The topological polar surface area (TPSA) is 38.0 Å². The SMILES string of the molecule is CCNC(CC)C(N)CC. The third kappa shape index (κ3) is 3.18. The van der Waals surface area contributed by atoms with E-state index in [1.807, 2.05) is 0 Å². The molecule has 0 saturated carbocycles. The molecule has 0 aromatic heterocycles. The molecule has 2 atom stereocenters. The maximum atomic E-state index is 5.85. The van der Waals surface area contributed by atoms with Gasteiger partial charge >= 0.3 is 0 Å². The largest absolute Gasteiger partial charge is 0.326 e. The monoisotopic (exact) mass is 144 g/mol. The van der Waals surface area contributed by atoms with Crippen LogP contribution < -0.4 is 11.1 Å². The van der Waals surface area contributed by atoms with E-state index in [2.05, 4.69) is 26.1 Å². The molecule has 2 nitrogen and oxygen atoms in total. The first-order valence-electron chi connectivity index (χ1n) is 4.25. The van der Waals surface area contributed by atoms with Crippen LogP contribution in [0.1, 0.15) is 33.6 Å². The van der Waals surface area contributed by atoms with Gasteiger partial charge in [0.2, 0.25) is 0 Å². The van der Waals surface area contributed by atoms with Crippen LogP contribution in [0.2, 0.25) is 0 Å². The molecule has 2 unspecified atom stereocenters. The number of likely N-dealkylation sites (N-methyl/N-ethyl adjacent to an activating group) is 1. The molecule has 0 aliphatic heterocycles. The zero-order chi connectivity index (χ0) is 7.98. The lowest BCUT2D eigenvalue weighted by molar-refractivity contribution is 0.418. The lowest BCUT2D eigenvalue weighted by Crippen LogP contribution is -2.44. The van der Waals surface area contributed by atoms with Crippen LogP contribution in [0.25, 0.3) is 0 Å². The Hall–Kier alpha value is -0.0800. The van der Waals surface area contributed by atoms with Crippen molar-refractivity contribution < 1.29 is 0 Å². The van der Waals surface area contributed by atoms with Gasteiger partial charge in [-0.25, -0.2) is 0 Å². The van der Waals surface area contributed by atoms with Crippen LogP contribution >= 0.6 is 0 Å². The van der Waals surface area contributed by atoms with Gasteiger partial charge in [0.15, 0.2) is 0 Å².